The van der Waals surface area contributed by atoms with Crippen molar-refractivity contribution in [3.63, 3.8) is 0 Å². The predicted octanol–water partition coefficient (Wildman–Crippen LogP) is 4.06. The summed E-state index contributed by atoms with van der Waals surface area (Å²) in [7, 11) is 0. The first-order chi connectivity index (χ1) is 13.9. The number of ether oxygens (including phenoxy) is 1. The lowest BCUT2D eigenvalue weighted by Crippen LogP contribution is -2.32. The van der Waals surface area contributed by atoms with Gasteiger partial charge in [-0.05, 0) is 86.4 Å². The quantitative estimate of drug-likeness (QED) is 0.451. The fraction of sp³-hybridized carbons (Fsp3) is 0.375. The highest BCUT2D eigenvalue weighted by molar-refractivity contribution is 6.22. The highest BCUT2D eigenvalue weighted by Crippen LogP contribution is 2.56. The highest BCUT2D eigenvalue weighted by Gasteiger charge is 2.61. The molecule has 1 aliphatic heterocycles. The lowest BCUT2D eigenvalue weighted by molar-refractivity contribution is -0.123. The van der Waals surface area contributed by atoms with Crippen LogP contribution >= 0.6 is 0 Å². The molecule has 2 aliphatic carbocycles. The maximum Gasteiger partial charge on any atom is 0.343 e. The van der Waals surface area contributed by atoms with Crippen LogP contribution in [0.25, 0.3) is 0 Å². The highest BCUT2D eigenvalue weighted by atomic mass is 16.5. The Hall–Kier alpha value is -2.95. The third-order valence-corrected chi connectivity index (χ3v) is 6.67. The summed E-state index contributed by atoms with van der Waals surface area (Å²) in [5.41, 5.74) is 2.80. The molecular formula is C24H23NO4. The van der Waals surface area contributed by atoms with E-state index in [-0.39, 0.29) is 23.7 Å². The molecule has 1 saturated heterocycles. The van der Waals surface area contributed by atoms with Crippen molar-refractivity contribution in [2.24, 2.45) is 23.7 Å². The molecule has 1 heterocycles. The van der Waals surface area contributed by atoms with Gasteiger partial charge in [0.2, 0.25) is 11.8 Å². The lowest BCUT2D eigenvalue weighted by atomic mass is 9.81. The van der Waals surface area contributed by atoms with E-state index in [2.05, 4.69) is 0 Å². The van der Waals surface area contributed by atoms with E-state index in [1.54, 1.807) is 36.4 Å². The number of aryl methyl sites for hydroxylation is 2. The number of anilines is 1. The van der Waals surface area contributed by atoms with Crippen LogP contribution in [0.1, 0.15) is 40.7 Å². The second-order valence-electron chi connectivity index (χ2n) is 8.66. The number of benzene rings is 2. The summed E-state index contributed by atoms with van der Waals surface area (Å²) in [5, 5.41) is 0. The molecule has 2 saturated carbocycles. The van der Waals surface area contributed by atoms with Gasteiger partial charge >= 0.3 is 5.97 Å². The van der Waals surface area contributed by atoms with Gasteiger partial charge < -0.3 is 4.74 Å². The number of carbonyl (C=O) groups excluding carboxylic acids is 3. The van der Waals surface area contributed by atoms with Crippen LogP contribution in [0.15, 0.2) is 42.5 Å². The van der Waals surface area contributed by atoms with Crippen molar-refractivity contribution in [3.8, 4) is 5.75 Å². The molecular weight excluding hydrogens is 366 g/mol. The van der Waals surface area contributed by atoms with Crippen molar-refractivity contribution >= 4 is 23.5 Å². The van der Waals surface area contributed by atoms with Crippen molar-refractivity contribution in [1.82, 2.24) is 0 Å². The molecule has 0 unspecified atom stereocenters. The zero-order valence-corrected chi connectivity index (χ0v) is 16.6. The molecule has 5 nitrogen and oxygen atoms in total. The summed E-state index contributed by atoms with van der Waals surface area (Å²) in [6.45, 7) is 3.89. The molecule has 2 amide bonds. The van der Waals surface area contributed by atoms with Gasteiger partial charge in [0.1, 0.15) is 5.75 Å². The van der Waals surface area contributed by atoms with E-state index in [0.717, 1.165) is 30.4 Å². The molecule has 5 heteroatoms. The molecule has 5 rings (SSSR count). The minimum atomic E-state index is -0.504. The average Bonchev–Trinajstić information content (AvgIpc) is 3.35. The summed E-state index contributed by atoms with van der Waals surface area (Å²) in [5.74, 6) is 0.0974. The normalized spacial score (nSPS) is 27.4. The maximum atomic E-state index is 13.0. The molecule has 0 aromatic heterocycles. The molecule has 0 spiro atoms. The number of imide groups is 1. The Morgan fingerprint density at radius 3 is 2.17 bits per heavy atom. The van der Waals surface area contributed by atoms with E-state index >= 15 is 0 Å². The third kappa shape index (κ3) is 2.87. The van der Waals surface area contributed by atoms with Crippen molar-refractivity contribution < 1.29 is 19.1 Å². The molecule has 0 radical (unpaired) electrons. The van der Waals surface area contributed by atoms with Gasteiger partial charge in [0.25, 0.3) is 0 Å². The van der Waals surface area contributed by atoms with Crippen LogP contribution in [-0.2, 0) is 9.59 Å². The Labute approximate surface area is 169 Å². The van der Waals surface area contributed by atoms with Crippen molar-refractivity contribution in [1.29, 1.82) is 0 Å². The van der Waals surface area contributed by atoms with Crippen LogP contribution < -0.4 is 9.64 Å². The van der Waals surface area contributed by atoms with Crippen molar-refractivity contribution in [2.75, 3.05) is 4.90 Å². The SMILES string of the molecule is Cc1cc(C)cc(OC(=O)c2cccc(N3C(=O)[C@H]4[C@@H]5CC[C@@H](C5)[C@@H]4C3=O)c2)c1. The first kappa shape index (κ1) is 18.1. The molecule has 0 N–H and O–H groups in total. The topological polar surface area (TPSA) is 63.7 Å². The minimum Gasteiger partial charge on any atom is -0.423 e. The zero-order chi connectivity index (χ0) is 20.3. The van der Waals surface area contributed by atoms with Crippen molar-refractivity contribution in [2.45, 2.75) is 33.1 Å². The van der Waals surface area contributed by atoms with Gasteiger partial charge in [-0.1, -0.05) is 12.1 Å². The molecule has 4 atom stereocenters. The molecule has 3 aliphatic rings. The second kappa shape index (κ2) is 6.55. The molecule has 3 fully saturated rings. The van der Waals surface area contributed by atoms with Crippen LogP contribution in [0.2, 0.25) is 0 Å². The number of hydrogen-bond acceptors (Lipinski definition) is 4. The lowest BCUT2D eigenvalue weighted by Gasteiger charge is -2.19. The van der Waals surface area contributed by atoms with Crippen LogP contribution in [0.5, 0.6) is 5.75 Å². The summed E-state index contributed by atoms with van der Waals surface area (Å²) in [6.07, 6.45) is 3.09. The predicted molar refractivity (Wildman–Crippen MR) is 108 cm³/mol. The number of hydrogen-bond donors (Lipinski definition) is 0. The van der Waals surface area contributed by atoms with Gasteiger partial charge in [0.15, 0.2) is 0 Å². The summed E-state index contributed by atoms with van der Waals surface area (Å²) >= 11 is 0. The molecule has 2 bridgehead atoms. The third-order valence-electron chi connectivity index (χ3n) is 6.67. The van der Waals surface area contributed by atoms with Gasteiger partial charge in [0.05, 0.1) is 23.1 Å². The van der Waals surface area contributed by atoms with Gasteiger partial charge in [-0.25, -0.2) is 4.79 Å². The minimum absolute atomic E-state index is 0.105. The molecule has 2 aromatic rings. The number of amides is 2. The van der Waals surface area contributed by atoms with Crippen molar-refractivity contribution in [3.05, 3.63) is 59.2 Å². The average molecular weight is 389 g/mol. The van der Waals surface area contributed by atoms with E-state index in [1.807, 2.05) is 19.9 Å². The van der Waals surface area contributed by atoms with Crippen LogP contribution in [0.3, 0.4) is 0 Å². The number of esters is 1. The van der Waals surface area contributed by atoms with E-state index in [0.29, 0.717) is 28.8 Å². The maximum absolute atomic E-state index is 13.0. The summed E-state index contributed by atoms with van der Waals surface area (Å²) < 4.78 is 5.52. The van der Waals surface area contributed by atoms with E-state index in [4.69, 9.17) is 4.74 Å². The number of nitrogens with zero attached hydrogens (tertiary/aromatic N) is 1. The Kier molecular flexibility index (Phi) is 4.09. The standard InChI is InChI=1S/C24H23NO4/c1-13-8-14(2)10-19(9-13)29-24(28)17-4-3-5-18(12-17)25-22(26)20-15-6-7-16(11-15)21(20)23(25)27/h3-5,8-10,12,15-16,20-21H,6-7,11H2,1-2H3/t15-,16+,20-,21-/m0/s1. The van der Waals surface area contributed by atoms with Crippen LogP contribution in [0, 0.1) is 37.5 Å². The van der Waals surface area contributed by atoms with E-state index in [9.17, 15) is 14.4 Å². The molecule has 148 valence electrons. The fourth-order valence-electron chi connectivity index (χ4n) is 5.59. The Morgan fingerprint density at radius 2 is 1.55 bits per heavy atom. The number of carbonyl (C=O) groups is 3. The Bertz CT molecular complexity index is 995. The van der Waals surface area contributed by atoms with Crippen LogP contribution in [-0.4, -0.2) is 17.8 Å². The van der Waals surface area contributed by atoms with Gasteiger partial charge in [0, 0.05) is 0 Å². The number of fused-ring (bicyclic) bond motifs is 5. The number of rotatable bonds is 3. The Morgan fingerprint density at radius 1 is 0.931 bits per heavy atom. The van der Waals surface area contributed by atoms with E-state index in [1.165, 1.54) is 4.90 Å². The smallest absolute Gasteiger partial charge is 0.343 e. The van der Waals surface area contributed by atoms with Gasteiger partial charge in [-0.15, -0.1) is 0 Å². The summed E-state index contributed by atoms with van der Waals surface area (Å²) in [6, 6.07) is 12.3. The molecule has 29 heavy (non-hydrogen) atoms. The largest absolute Gasteiger partial charge is 0.423 e. The van der Waals surface area contributed by atoms with Gasteiger partial charge in [-0.3, -0.25) is 14.5 Å². The first-order valence-corrected chi connectivity index (χ1v) is 10.2. The fourth-order valence-corrected chi connectivity index (χ4v) is 5.59. The molecule has 2 aromatic carbocycles. The first-order valence-electron chi connectivity index (χ1n) is 10.2. The van der Waals surface area contributed by atoms with Crippen LogP contribution in [0.4, 0.5) is 5.69 Å². The van der Waals surface area contributed by atoms with E-state index < -0.39 is 5.97 Å². The van der Waals surface area contributed by atoms with Gasteiger partial charge in [-0.2, -0.15) is 0 Å². The second-order valence-corrected chi connectivity index (χ2v) is 8.66. The Balaban J connectivity index is 1.41. The monoisotopic (exact) mass is 389 g/mol. The zero-order valence-electron chi connectivity index (χ0n) is 16.6. The summed E-state index contributed by atoms with van der Waals surface area (Å²) in [4.78, 5) is 40.0.